The second-order valence-electron chi connectivity index (χ2n) is 4.00. The highest BCUT2D eigenvalue weighted by atomic mass is 16.3. The second kappa shape index (κ2) is 3.67. The Hall–Kier alpha value is -0.940. The first-order valence-electron chi connectivity index (χ1n) is 4.96. The van der Waals surface area contributed by atoms with Crippen LogP contribution in [0.4, 0.5) is 0 Å². The maximum atomic E-state index is 10.3. The summed E-state index contributed by atoms with van der Waals surface area (Å²) in [5.41, 5.74) is 0.426. The molecular formula is C9H16N4O. The lowest BCUT2D eigenvalue weighted by Gasteiger charge is -2.32. The van der Waals surface area contributed by atoms with Crippen molar-refractivity contribution in [2.75, 3.05) is 13.1 Å². The van der Waals surface area contributed by atoms with Gasteiger partial charge in [0.15, 0.2) is 0 Å². The number of nitrogens with zero attached hydrogens (tertiary/aromatic N) is 3. The molecule has 1 aliphatic rings. The number of hydrogen-bond donors (Lipinski definition) is 2. The molecule has 0 radical (unpaired) electrons. The summed E-state index contributed by atoms with van der Waals surface area (Å²) in [7, 11) is 1.85. The Morgan fingerprint density at radius 1 is 1.57 bits per heavy atom. The SMILES string of the molecule is Cn1nncc1CC1(O)CCNCC1. The third-order valence-corrected chi connectivity index (χ3v) is 2.85. The van der Waals surface area contributed by atoms with Gasteiger partial charge in [0.25, 0.3) is 0 Å². The molecule has 0 amide bonds. The van der Waals surface area contributed by atoms with Crippen LogP contribution in [-0.2, 0) is 13.5 Å². The van der Waals surface area contributed by atoms with E-state index in [4.69, 9.17) is 0 Å². The number of hydrogen-bond acceptors (Lipinski definition) is 4. The monoisotopic (exact) mass is 196 g/mol. The van der Waals surface area contributed by atoms with Gasteiger partial charge in [0.05, 0.1) is 17.5 Å². The van der Waals surface area contributed by atoms with Crippen molar-refractivity contribution in [1.82, 2.24) is 20.3 Å². The van der Waals surface area contributed by atoms with Crippen LogP contribution in [-0.4, -0.2) is 38.8 Å². The van der Waals surface area contributed by atoms with Crippen LogP contribution < -0.4 is 5.32 Å². The van der Waals surface area contributed by atoms with Crippen LogP contribution >= 0.6 is 0 Å². The zero-order valence-electron chi connectivity index (χ0n) is 8.40. The third-order valence-electron chi connectivity index (χ3n) is 2.85. The molecule has 0 saturated carbocycles. The highest BCUT2D eigenvalue weighted by molar-refractivity contribution is 5.01. The first-order valence-corrected chi connectivity index (χ1v) is 4.96. The summed E-state index contributed by atoms with van der Waals surface area (Å²) in [5.74, 6) is 0. The van der Waals surface area contributed by atoms with Gasteiger partial charge in [-0.05, 0) is 25.9 Å². The van der Waals surface area contributed by atoms with Gasteiger partial charge in [-0.15, -0.1) is 5.10 Å². The van der Waals surface area contributed by atoms with E-state index in [2.05, 4.69) is 15.6 Å². The number of aliphatic hydroxyl groups is 1. The van der Waals surface area contributed by atoms with Gasteiger partial charge in [0.2, 0.25) is 0 Å². The minimum atomic E-state index is -0.569. The third kappa shape index (κ3) is 1.93. The molecule has 5 heteroatoms. The summed E-state index contributed by atoms with van der Waals surface area (Å²) < 4.78 is 1.72. The Morgan fingerprint density at radius 3 is 2.86 bits per heavy atom. The molecule has 0 aliphatic carbocycles. The number of nitrogens with one attached hydrogen (secondary N) is 1. The van der Waals surface area contributed by atoms with Gasteiger partial charge >= 0.3 is 0 Å². The zero-order valence-corrected chi connectivity index (χ0v) is 8.40. The standard InChI is InChI=1S/C9H16N4O/c1-13-8(7-11-12-13)6-9(14)2-4-10-5-3-9/h7,10,14H,2-6H2,1H3. The molecule has 1 aliphatic heterocycles. The topological polar surface area (TPSA) is 63.0 Å². The summed E-state index contributed by atoms with van der Waals surface area (Å²) in [6, 6.07) is 0. The maximum absolute atomic E-state index is 10.3. The number of aromatic nitrogens is 3. The Labute approximate surface area is 83.1 Å². The van der Waals surface area contributed by atoms with E-state index in [-0.39, 0.29) is 0 Å². The lowest BCUT2D eigenvalue weighted by Crippen LogP contribution is -2.43. The smallest absolute Gasteiger partial charge is 0.0727 e. The Morgan fingerprint density at radius 2 is 2.29 bits per heavy atom. The van der Waals surface area contributed by atoms with Crippen molar-refractivity contribution in [2.24, 2.45) is 7.05 Å². The summed E-state index contributed by atoms with van der Waals surface area (Å²) in [4.78, 5) is 0. The molecule has 2 heterocycles. The summed E-state index contributed by atoms with van der Waals surface area (Å²) in [5, 5.41) is 21.2. The van der Waals surface area contributed by atoms with Crippen LogP contribution in [0.5, 0.6) is 0 Å². The Bertz CT molecular complexity index is 304. The minimum absolute atomic E-state index is 0.569. The normalized spacial score (nSPS) is 21.0. The van der Waals surface area contributed by atoms with Crippen LogP contribution in [0.25, 0.3) is 0 Å². The van der Waals surface area contributed by atoms with E-state index in [9.17, 15) is 5.11 Å². The molecule has 5 nitrogen and oxygen atoms in total. The van der Waals surface area contributed by atoms with E-state index < -0.39 is 5.60 Å². The molecule has 0 spiro atoms. The van der Waals surface area contributed by atoms with Gasteiger partial charge in [-0.1, -0.05) is 5.21 Å². The van der Waals surface area contributed by atoms with Crippen LogP contribution in [0.3, 0.4) is 0 Å². The molecule has 78 valence electrons. The number of rotatable bonds is 2. The lowest BCUT2D eigenvalue weighted by atomic mass is 9.88. The molecule has 0 aromatic carbocycles. The molecule has 14 heavy (non-hydrogen) atoms. The summed E-state index contributed by atoms with van der Waals surface area (Å²) in [6.07, 6.45) is 3.98. The molecule has 0 unspecified atom stereocenters. The fourth-order valence-electron chi connectivity index (χ4n) is 1.88. The number of aryl methyl sites for hydroxylation is 1. The average molecular weight is 196 g/mol. The van der Waals surface area contributed by atoms with Crippen LogP contribution in [0.15, 0.2) is 6.20 Å². The van der Waals surface area contributed by atoms with Crippen LogP contribution in [0.2, 0.25) is 0 Å². The van der Waals surface area contributed by atoms with Gasteiger partial charge in [-0.25, -0.2) is 0 Å². The fraction of sp³-hybridized carbons (Fsp3) is 0.778. The van der Waals surface area contributed by atoms with E-state index in [1.807, 2.05) is 7.05 Å². The van der Waals surface area contributed by atoms with Gasteiger partial charge in [0, 0.05) is 13.5 Å². The highest BCUT2D eigenvalue weighted by Gasteiger charge is 2.30. The molecule has 0 bridgehead atoms. The van der Waals surface area contributed by atoms with E-state index in [1.54, 1.807) is 10.9 Å². The Kier molecular flexibility index (Phi) is 2.52. The molecule has 1 aromatic heterocycles. The lowest BCUT2D eigenvalue weighted by molar-refractivity contribution is 0.00926. The fourth-order valence-corrected chi connectivity index (χ4v) is 1.88. The first-order chi connectivity index (χ1) is 6.70. The number of piperidine rings is 1. The molecule has 1 aromatic rings. The predicted octanol–water partition coefficient (Wildman–Crippen LogP) is -0.528. The van der Waals surface area contributed by atoms with Gasteiger partial charge in [-0.2, -0.15) is 0 Å². The highest BCUT2D eigenvalue weighted by Crippen LogP contribution is 2.22. The summed E-state index contributed by atoms with van der Waals surface area (Å²) in [6.45, 7) is 1.78. The van der Waals surface area contributed by atoms with Crippen molar-refractivity contribution in [1.29, 1.82) is 0 Å². The molecule has 1 saturated heterocycles. The second-order valence-corrected chi connectivity index (χ2v) is 4.00. The molecule has 1 fully saturated rings. The van der Waals surface area contributed by atoms with Crippen LogP contribution in [0, 0.1) is 0 Å². The van der Waals surface area contributed by atoms with E-state index in [0.29, 0.717) is 6.42 Å². The van der Waals surface area contributed by atoms with E-state index in [1.165, 1.54) is 0 Å². The molecular weight excluding hydrogens is 180 g/mol. The van der Waals surface area contributed by atoms with E-state index in [0.717, 1.165) is 31.6 Å². The van der Waals surface area contributed by atoms with Crippen molar-refractivity contribution in [3.8, 4) is 0 Å². The van der Waals surface area contributed by atoms with Crippen molar-refractivity contribution < 1.29 is 5.11 Å². The minimum Gasteiger partial charge on any atom is -0.389 e. The van der Waals surface area contributed by atoms with Gasteiger partial charge in [-0.3, -0.25) is 4.68 Å². The average Bonchev–Trinajstić information content (AvgIpc) is 2.52. The van der Waals surface area contributed by atoms with Gasteiger partial charge < -0.3 is 10.4 Å². The first kappa shape index (κ1) is 9.61. The Balaban J connectivity index is 2.05. The van der Waals surface area contributed by atoms with Crippen molar-refractivity contribution >= 4 is 0 Å². The van der Waals surface area contributed by atoms with Crippen molar-refractivity contribution in [3.05, 3.63) is 11.9 Å². The molecule has 0 atom stereocenters. The van der Waals surface area contributed by atoms with Gasteiger partial charge in [0.1, 0.15) is 0 Å². The zero-order chi connectivity index (χ0) is 10.0. The summed E-state index contributed by atoms with van der Waals surface area (Å²) >= 11 is 0. The van der Waals surface area contributed by atoms with Crippen molar-refractivity contribution in [2.45, 2.75) is 24.9 Å². The van der Waals surface area contributed by atoms with E-state index >= 15 is 0 Å². The van der Waals surface area contributed by atoms with Crippen molar-refractivity contribution in [3.63, 3.8) is 0 Å². The molecule has 2 N–H and O–H groups in total. The largest absolute Gasteiger partial charge is 0.389 e. The maximum Gasteiger partial charge on any atom is 0.0727 e. The molecule has 2 rings (SSSR count). The quantitative estimate of drug-likeness (QED) is 0.667. The predicted molar refractivity (Wildman–Crippen MR) is 51.8 cm³/mol. The van der Waals surface area contributed by atoms with Crippen LogP contribution in [0.1, 0.15) is 18.5 Å².